The average Bonchev–Trinajstić information content (AvgIpc) is 2.18. The monoisotopic (exact) mass is 212 g/mol. The first-order valence-electron chi connectivity index (χ1n) is 3.85. The molecular formula is C9H9ClN2S. The second-order valence-corrected chi connectivity index (χ2v) is 4.29. The van der Waals surface area contributed by atoms with Gasteiger partial charge in [0.25, 0.3) is 0 Å². The van der Waals surface area contributed by atoms with Crippen molar-refractivity contribution in [3.63, 3.8) is 0 Å². The summed E-state index contributed by atoms with van der Waals surface area (Å²) >= 11 is 7.20. The molecule has 0 amide bonds. The number of hydrogen-bond acceptors (Lipinski definition) is 3. The molecule has 68 valence electrons. The van der Waals surface area contributed by atoms with Crippen LogP contribution < -0.4 is 0 Å². The van der Waals surface area contributed by atoms with E-state index in [0.29, 0.717) is 11.4 Å². The number of nitrogens with zero attached hydrogens (tertiary/aromatic N) is 2. The van der Waals surface area contributed by atoms with Gasteiger partial charge >= 0.3 is 0 Å². The van der Waals surface area contributed by atoms with E-state index in [0.717, 1.165) is 5.03 Å². The standard InChI is InChI=1S/C9H9ClN2S/c1-7(5-10)13-9-8(6-11)3-2-4-12-9/h2-4,7H,5H2,1H3. The number of hydrogen-bond donors (Lipinski definition) is 0. The number of rotatable bonds is 3. The van der Waals surface area contributed by atoms with Gasteiger partial charge in [0.15, 0.2) is 0 Å². The van der Waals surface area contributed by atoms with Gasteiger partial charge in [-0.1, -0.05) is 6.92 Å². The fourth-order valence-corrected chi connectivity index (χ4v) is 1.79. The predicted octanol–water partition coefficient (Wildman–Crippen LogP) is 2.67. The molecule has 0 saturated heterocycles. The summed E-state index contributed by atoms with van der Waals surface area (Å²) in [5.41, 5.74) is 0.615. The molecule has 1 unspecified atom stereocenters. The first-order chi connectivity index (χ1) is 6.27. The van der Waals surface area contributed by atoms with Crippen LogP contribution in [0.15, 0.2) is 23.4 Å². The second kappa shape index (κ2) is 5.11. The van der Waals surface area contributed by atoms with Crippen LogP contribution in [0.4, 0.5) is 0 Å². The molecule has 4 heteroatoms. The van der Waals surface area contributed by atoms with E-state index in [2.05, 4.69) is 11.1 Å². The van der Waals surface area contributed by atoms with Gasteiger partial charge in [-0.3, -0.25) is 0 Å². The highest BCUT2D eigenvalue weighted by atomic mass is 35.5. The van der Waals surface area contributed by atoms with Crippen LogP contribution in [-0.4, -0.2) is 16.1 Å². The van der Waals surface area contributed by atoms with Crippen molar-refractivity contribution in [2.75, 3.05) is 5.88 Å². The van der Waals surface area contributed by atoms with Crippen LogP contribution in [0.1, 0.15) is 12.5 Å². The number of pyridine rings is 1. The molecule has 1 atom stereocenters. The Morgan fingerprint density at radius 3 is 3.15 bits per heavy atom. The maximum absolute atomic E-state index is 8.77. The lowest BCUT2D eigenvalue weighted by Gasteiger charge is -2.06. The molecule has 0 N–H and O–H groups in total. The Balaban J connectivity index is 2.82. The SMILES string of the molecule is CC(CCl)Sc1ncccc1C#N. The van der Waals surface area contributed by atoms with Crippen molar-refractivity contribution >= 4 is 23.4 Å². The fourth-order valence-electron chi connectivity index (χ4n) is 0.792. The molecule has 0 saturated carbocycles. The van der Waals surface area contributed by atoms with E-state index in [1.54, 1.807) is 18.3 Å². The molecule has 0 bridgehead atoms. The molecule has 1 aromatic rings. The van der Waals surface area contributed by atoms with E-state index >= 15 is 0 Å². The molecule has 1 heterocycles. The molecule has 0 radical (unpaired) electrons. The van der Waals surface area contributed by atoms with Gasteiger partial charge in [0, 0.05) is 17.3 Å². The van der Waals surface area contributed by atoms with Crippen molar-refractivity contribution < 1.29 is 0 Å². The third kappa shape index (κ3) is 2.91. The normalized spacial score (nSPS) is 12.1. The molecular weight excluding hydrogens is 204 g/mol. The molecule has 0 fully saturated rings. The highest BCUT2D eigenvalue weighted by Gasteiger charge is 2.07. The highest BCUT2D eigenvalue weighted by molar-refractivity contribution is 8.00. The summed E-state index contributed by atoms with van der Waals surface area (Å²) in [5, 5.41) is 9.81. The third-order valence-electron chi connectivity index (χ3n) is 1.42. The van der Waals surface area contributed by atoms with Crippen molar-refractivity contribution in [1.82, 2.24) is 4.98 Å². The van der Waals surface area contributed by atoms with Gasteiger partial charge in [0.2, 0.25) is 0 Å². The largest absolute Gasteiger partial charge is 0.249 e. The Hall–Kier alpha value is -0.720. The summed E-state index contributed by atoms with van der Waals surface area (Å²) in [5.74, 6) is 0.562. The minimum Gasteiger partial charge on any atom is -0.249 e. The number of halogens is 1. The summed E-state index contributed by atoms with van der Waals surface area (Å²) in [6.45, 7) is 2.01. The Morgan fingerprint density at radius 2 is 2.54 bits per heavy atom. The molecule has 1 rings (SSSR count). The van der Waals surface area contributed by atoms with Crippen molar-refractivity contribution in [3.8, 4) is 6.07 Å². The van der Waals surface area contributed by atoms with Crippen molar-refractivity contribution in [1.29, 1.82) is 5.26 Å². The summed E-state index contributed by atoms with van der Waals surface area (Å²) in [7, 11) is 0. The minimum atomic E-state index is 0.281. The second-order valence-electron chi connectivity index (χ2n) is 2.55. The van der Waals surface area contributed by atoms with Crippen LogP contribution in [0, 0.1) is 11.3 Å². The molecule has 0 aromatic carbocycles. The molecule has 0 aliphatic carbocycles. The number of thioether (sulfide) groups is 1. The van der Waals surface area contributed by atoms with Gasteiger partial charge in [-0.15, -0.1) is 23.4 Å². The molecule has 13 heavy (non-hydrogen) atoms. The number of alkyl halides is 1. The molecule has 2 nitrogen and oxygen atoms in total. The quantitative estimate of drug-likeness (QED) is 0.571. The Morgan fingerprint density at radius 1 is 1.77 bits per heavy atom. The average molecular weight is 213 g/mol. The molecule has 0 spiro atoms. The molecule has 1 aromatic heterocycles. The fraction of sp³-hybridized carbons (Fsp3) is 0.333. The topological polar surface area (TPSA) is 36.7 Å². The van der Waals surface area contributed by atoms with E-state index in [9.17, 15) is 0 Å². The Bertz CT molecular complexity index is 322. The lowest BCUT2D eigenvalue weighted by molar-refractivity contribution is 1.07. The Kier molecular flexibility index (Phi) is 4.07. The van der Waals surface area contributed by atoms with Crippen molar-refractivity contribution in [2.24, 2.45) is 0 Å². The highest BCUT2D eigenvalue weighted by Crippen LogP contribution is 2.24. The first-order valence-corrected chi connectivity index (χ1v) is 5.27. The van der Waals surface area contributed by atoms with Crippen LogP contribution in [0.5, 0.6) is 0 Å². The van der Waals surface area contributed by atoms with E-state index in [4.69, 9.17) is 16.9 Å². The van der Waals surface area contributed by atoms with E-state index in [1.165, 1.54) is 11.8 Å². The minimum absolute atomic E-state index is 0.281. The van der Waals surface area contributed by atoms with Crippen LogP contribution in [0.25, 0.3) is 0 Å². The molecule has 0 aliphatic rings. The number of nitriles is 1. The summed E-state index contributed by atoms with van der Waals surface area (Å²) in [6, 6.07) is 5.62. The van der Waals surface area contributed by atoms with Crippen LogP contribution in [-0.2, 0) is 0 Å². The summed E-state index contributed by atoms with van der Waals surface area (Å²) in [6.07, 6.45) is 1.68. The van der Waals surface area contributed by atoms with E-state index in [-0.39, 0.29) is 5.25 Å². The van der Waals surface area contributed by atoms with Gasteiger partial charge in [0.1, 0.15) is 11.1 Å². The van der Waals surface area contributed by atoms with E-state index in [1.807, 2.05) is 6.92 Å². The lowest BCUT2D eigenvalue weighted by atomic mass is 10.3. The third-order valence-corrected chi connectivity index (χ3v) is 3.19. The van der Waals surface area contributed by atoms with Gasteiger partial charge in [0.05, 0.1) is 5.56 Å². The van der Waals surface area contributed by atoms with Crippen LogP contribution in [0.3, 0.4) is 0 Å². The lowest BCUT2D eigenvalue weighted by Crippen LogP contribution is -1.98. The van der Waals surface area contributed by atoms with Gasteiger partial charge in [-0.05, 0) is 12.1 Å². The van der Waals surface area contributed by atoms with Gasteiger partial charge in [-0.2, -0.15) is 5.26 Å². The zero-order valence-electron chi connectivity index (χ0n) is 7.20. The molecule has 0 aliphatic heterocycles. The zero-order valence-corrected chi connectivity index (χ0v) is 8.77. The van der Waals surface area contributed by atoms with Crippen molar-refractivity contribution in [2.45, 2.75) is 17.2 Å². The number of aromatic nitrogens is 1. The zero-order chi connectivity index (χ0) is 9.68. The van der Waals surface area contributed by atoms with E-state index < -0.39 is 0 Å². The van der Waals surface area contributed by atoms with Gasteiger partial charge < -0.3 is 0 Å². The van der Waals surface area contributed by atoms with Crippen LogP contribution >= 0.6 is 23.4 Å². The van der Waals surface area contributed by atoms with Crippen LogP contribution in [0.2, 0.25) is 0 Å². The summed E-state index contributed by atoms with van der Waals surface area (Å²) < 4.78 is 0. The predicted molar refractivity (Wildman–Crippen MR) is 55.0 cm³/mol. The maximum atomic E-state index is 8.77. The summed E-state index contributed by atoms with van der Waals surface area (Å²) in [4.78, 5) is 4.12. The maximum Gasteiger partial charge on any atom is 0.114 e. The van der Waals surface area contributed by atoms with Gasteiger partial charge in [-0.25, -0.2) is 4.98 Å². The smallest absolute Gasteiger partial charge is 0.114 e. The van der Waals surface area contributed by atoms with Crippen molar-refractivity contribution in [3.05, 3.63) is 23.9 Å². The Labute approximate surface area is 86.9 Å². The first kappa shape index (κ1) is 10.4.